The Kier molecular flexibility index (Phi) is 8.30. The van der Waals surface area contributed by atoms with Crippen molar-refractivity contribution in [2.24, 2.45) is 5.92 Å². The Morgan fingerprint density at radius 2 is 1.77 bits per heavy atom. The molecule has 1 aromatic rings. The monoisotopic (exact) mass is 432 g/mol. The van der Waals surface area contributed by atoms with Crippen LogP contribution in [0, 0.1) is 12.8 Å². The highest BCUT2D eigenvalue weighted by molar-refractivity contribution is 6.21. The first kappa shape index (κ1) is 24.0. The summed E-state index contributed by atoms with van der Waals surface area (Å²) in [5, 5.41) is 2.49. The van der Waals surface area contributed by atoms with Crippen molar-refractivity contribution >= 4 is 29.7 Å². The molecular formula is C22H28N2O7. The van der Waals surface area contributed by atoms with E-state index in [1.807, 2.05) is 20.8 Å². The second-order valence-corrected chi connectivity index (χ2v) is 7.85. The molecular weight excluding hydrogens is 404 g/mol. The molecule has 0 aromatic heterocycles. The van der Waals surface area contributed by atoms with Crippen molar-refractivity contribution in [3.05, 3.63) is 34.9 Å². The number of ether oxygens (including phenoxy) is 2. The molecule has 0 spiro atoms. The lowest BCUT2D eigenvalue weighted by molar-refractivity contribution is -0.150. The number of amides is 3. The van der Waals surface area contributed by atoms with Crippen LogP contribution in [0.3, 0.4) is 0 Å². The van der Waals surface area contributed by atoms with Crippen molar-refractivity contribution in [2.45, 2.75) is 46.1 Å². The number of methoxy groups -OCH3 is 1. The van der Waals surface area contributed by atoms with Crippen LogP contribution < -0.4 is 5.32 Å². The molecule has 0 radical (unpaired) electrons. The second-order valence-electron chi connectivity index (χ2n) is 7.85. The number of hydrogen-bond acceptors (Lipinski definition) is 7. The number of carbonyl (C=O) groups is 5. The van der Waals surface area contributed by atoms with Crippen molar-refractivity contribution in [3.8, 4) is 0 Å². The van der Waals surface area contributed by atoms with Crippen LogP contribution in [-0.4, -0.2) is 60.9 Å². The molecule has 1 aliphatic heterocycles. The number of rotatable bonds is 10. The average molecular weight is 432 g/mol. The van der Waals surface area contributed by atoms with E-state index in [0.29, 0.717) is 17.5 Å². The van der Waals surface area contributed by atoms with E-state index < -0.39 is 30.5 Å². The Bertz CT molecular complexity index is 879. The van der Waals surface area contributed by atoms with Gasteiger partial charge in [-0.25, -0.2) is 4.79 Å². The number of hydrogen-bond donors (Lipinski definition) is 1. The van der Waals surface area contributed by atoms with Gasteiger partial charge in [-0.3, -0.25) is 24.1 Å². The maximum atomic E-state index is 12.4. The maximum absolute atomic E-state index is 12.4. The van der Waals surface area contributed by atoms with Crippen molar-refractivity contribution in [1.29, 1.82) is 0 Å². The molecule has 9 nitrogen and oxygen atoms in total. The molecule has 3 amide bonds. The van der Waals surface area contributed by atoms with E-state index in [9.17, 15) is 24.0 Å². The zero-order valence-corrected chi connectivity index (χ0v) is 18.2. The number of carbonyl (C=O) groups excluding carboxylic acids is 5. The molecule has 0 bridgehead atoms. The lowest BCUT2D eigenvalue weighted by Gasteiger charge is -2.18. The van der Waals surface area contributed by atoms with E-state index in [-0.39, 0.29) is 37.1 Å². The molecule has 1 N–H and O–H groups in total. The number of nitrogens with one attached hydrogen (secondary N) is 1. The molecule has 0 aliphatic carbocycles. The van der Waals surface area contributed by atoms with Gasteiger partial charge in [0.1, 0.15) is 6.04 Å². The molecule has 9 heteroatoms. The van der Waals surface area contributed by atoms with E-state index in [0.717, 1.165) is 10.5 Å². The highest BCUT2D eigenvalue weighted by Gasteiger charge is 2.35. The minimum atomic E-state index is -0.811. The van der Waals surface area contributed by atoms with Crippen molar-refractivity contribution < 1.29 is 33.4 Å². The van der Waals surface area contributed by atoms with E-state index in [1.165, 1.54) is 7.11 Å². The zero-order chi connectivity index (χ0) is 23.1. The summed E-state index contributed by atoms with van der Waals surface area (Å²) < 4.78 is 9.60. The van der Waals surface area contributed by atoms with Crippen LogP contribution in [-0.2, 0) is 23.9 Å². The van der Waals surface area contributed by atoms with Crippen LogP contribution in [0.5, 0.6) is 0 Å². The molecule has 31 heavy (non-hydrogen) atoms. The smallest absolute Gasteiger partial charge is 0.328 e. The Balaban J connectivity index is 1.76. The van der Waals surface area contributed by atoms with Gasteiger partial charge in [-0.2, -0.15) is 0 Å². The van der Waals surface area contributed by atoms with Crippen LogP contribution in [0.4, 0.5) is 0 Å². The fourth-order valence-corrected chi connectivity index (χ4v) is 3.27. The van der Waals surface area contributed by atoms with Gasteiger partial charge in [-0.05, 0) is 37.8 Å². The molecule has 0 saturated carbocycles. The quantitative estimate of drug-likeness (QED) is 0.441. The summed E-state index contributed by atoms with van der Waals surface area (Å²) in [6.45, 7) is 5.18. The molecule has 1 heterocycles. The van der Waals surface area contributed by atoms with Gasteiger partial charge >= 0.3 is 11.9 Å². The second kappa shape index (κ2) is 10.7. The zero-order valence-electron chi connectivity index (χ0n) is 18.2. The summed E-state index contributed by atoms with van der Waals surface area (Å²) >= 11 is 0. The largest absolute Gasteiger partial charge is 0.467 e. The normalized spacial score (nSPS) is 13.8. The minimum absolute atomic E-state index is 0.0634. The SMILES string of the molecule is COC(=O)C(CC(C)C)NC(=O)COC(=O)CCCN1C(=O)c2ccc(C)cc2C1=O. The molecule has 1 atom stereocenters. The Morgan fingerprint density at radius 3 is 2.42 bits per heavy atom. The number of nitrogens with zero attached hydrogens (tertiary/aromatic N) is 1. The number of esters is 2. The third-order valence-corrected chi connectivity index (χ3v) is 4.78. The van der Waals surface area contributed by atoms with Gasteiger partial charge in [0.25, 0.3) is 17.7 Å². The van der Waals surface area contributed by atoms with E-state index >= 15 is 0 Å². The molecule has 1 aromatic carbocycles. The van der Waals surface area contributed by atoms with Gasteiger partial charge in [0.05, 0.1) is 18.2 Å². The van der Waals surface area contributed by atoms with Crippen LogP contribution in [0.1, 0.15) is 59.4 Å². The Labute approximate surface area is 181 Å². The highest BCUT2D eigenvalue weighted by atomic mass is 16.5. The number of aryl methyl sites for hydroxylation is 1. The summed E-state index contributed by atoms with van der Waals surface area (Å²) in [7, 11) is 1.23. The molecule has 2 rings (SSSR count). The van der Waals surface area contributed by atoms with Crippen molar-refractivity contribution in [3.63, 3.8) is 0 Å². The first-order valence-electron chi connectivity index (χ1n) is 10.1. The summed E-state index contributed by atoms with van der Waals surface area (Å²) in [6, 6.07) is 4.25. The lowest BCUT2D eigenvalue weighted by atomic mass is 10.0. The van der Waals surface area contributed by atoms with Gasteiger partial charge in [0, 0.05) is 13.0 Å². The predicted molar refractivity (Wildman–Crippen MR) is 110 cm³/mol. The maximum Gasteiger partial charge on any atom is 0.328 e. The molecule has 0 fully saturated rings. The number of fused-ring (bicyclic) bond motifs is 1. The van der Waals surface area contributed by atoms with Gasteiger partial charge in [-0.15, -0.1) is 0 Å². The standard InChI is InChI=1S/C22H28N2O7/c1-13(2)10-17(22(29)30-4)23-18(25)12-31-19(26)6-5-9-24-20(27)15-8-7-14(3)11-16(15)21(24)28/h7-8,11,13,17H,5-6,9-10,12H2,1-4H3,(H,23,25). The summed E-state index contributed by atoms with van der Waals surface area (Å²) in [5.74, 6) is -2.43. The van der Waals surface area contributed by atoms with E-state index in [2.05, 4.69) is 10.1 Å². The van der Waals surface area contributed by atoms with Crippen LogP contribution in [0.2, 0.25) is 0 Å². The average Bonchev–Trinajstić information content (AvgIpc) is 2.95. The summed E-state index contributed by atoms with van der Waals surface area (Å²) in [4.78, 5) is 61.5. The third kappa shape index (κ3) is 6.37. The van der Waals surface area contributed by atoms with Crippen LogP contribution in [0.15, 0.2) is 18.2 Å². The van der Waals surface area contributed by atoms with Crippen LogP contribution in [0.25, 0.3) is 0 Å². The van der Waals surface area contributed by atoms with Gasteiger partial charge in [0.2, 0.25) is 0 Å². The van der Waals surface area contributed by atoms with Gasteiger partial charge < -0.3 is 14.8 Å². The molecule has 168 valence electrons. The van der Waals surface area contributed by atoms with E-state index in [1.54, 1.807) is 18.2 Å². The number of imide groups is 1. The first-order chi connectivity index (χ1) is 14.6. The van der Waals surface area contributed by atoms with Crippen LogP contribution >= 0.6 is 0 Å². The van der Waals surface area contributed by atoms with Crippen molar-refractivity contribution in [2.75, 3.05) is 20.3 Å². The summed E-state index contributed by atoms with van der Waals surface area (Å²) in [6.07, 6.45) is 0.543. The fourth-order valence-electron chi connectivity index (χ4n) is 3.27. The minimum Gasteiger partial charge on any atom is -0.467 e. The van der Waals surface area contributed by atoms with Crippen molar-refractivity contribution in [1.82, 2.24) is 10.2 Å². The first-order valence-corrected chi connectivity index (χ1v) is 10.1. The molecule has 0 saturated heterocycles. The Morgan fingerprint density at radius 1 is 1.10 bits per heavy atom. The Hall–Kier alpha value is -3.23. The van der Waals surface area contributed by atoms with E-state index in [4.69, 9.17) is 4.74 Å². The topological polar surface area (TPSA) is 119 Å². The van der Waals surface area contributed by atoms with Gasteiger partial charge in [0.15, 0.2) is 6.61 Å². The number of benzene rings is 1. The third-order valence-electron chi connectivity index (χ3n) is 4.78. The highest BCUT2D eigenvalue weighted by Crippen LogP contribution is 2.24. The lowest BCUT2D eigenvalue weighted by Crippen LogP contribution is -2.44. The molecule has 1 aliphatic rings. The molecule has 1 unspecified atom stereocenters. The predicted octanol–water partition coefficient (Wildman–Crippen LogP) is 1.62. The van der Waals surface area contributed by atoms with Gasteiger partial charge in [-0.1, -0.05) is 25.5 Å². The fraction of sp³-hybridized carbons (Fsp3) is 0.500. The summed E-state index contributed by atoms with van der Waals surface area (Å²) in [5.41, 5.74) is 1.61.